The third-order valence-corrected chi connectivity index (χ3v) is 2.34. The lowest BCUT2D eigenvalue weighted by atomic mass is 10.0. The summed E-state index contributed by atoms with van der Waals surface area (Å²) in [7, 11) is 0. The molecule has 1 fully saturated rings. The highest BCUT2D eigenvalue weighted by Crippen LogP contribution is 2.09. The quantitative estimate of drug-likeness (QED) is 0.694. The maximum atomic E-state index is 11.1. The summed E-state index contributed by atoms with van der Waals surface area (Å²) in [6.07, 6.45) is 2.33. The van der Waals surface area contributed by atoms with Crippen LogP contribution in [0, 0.1) is 5.92 Å². The van der Waals surface area contributed by atoms with Crippen LogP contribution in [0.25, 0.3) is 0 Å². The first-order valence-corrected chi connectivity index (χ1v) is 5.66. The van der Waals surface area contributed by atoms with Crippen molar-refractivity contribution in [1.82, 2.24) is 5.32 Å². The summed E-state index contributed by atoms with van der Waals surface area (Å²) in [5.74, 6) is 0.277. The third-order valence-electron chi connectivity index (χ3n) is 2.34. The van der Waals surface area contributed by atoms with Crippen molar-refractivity contribution >= 4 is 5.97 Å². The van der Waals surface area contributed by atoms with Crippen molar-refractivity contribution in [2.75, 3.05) is 26.3 Å². The number of hydrogen-bond donors (Lipinski definition) is 1. The molecule has 0 bridgehead atoms. The molecule has 0 aromatic carbocycles. The molecule has 15 heavy (non-hydrogen) atoms. The summed E-state index contributed by atoms with van der Waals surface area (Å²) in [4.78, 5) is 11.1. The van der Waals surface area contributed by atoms with Crippen LogP contribution in [0.1, 0.15) is 26.7 Å². The van der Waals surface area contributed by atoms with E-state index in [9.17, 15) is 4.79 Å². The molecule has 88 valence electrons. The van der Waals surface area contributed by atoms with Gasteiger partial charge in [0.25, 0.3) is 0 Å². The number of ether oxygens (including phenoxy) is 2. The van der Waals surface area contributed by atoms with Gasteiger partial charge >= 0.3 is 5.97 Å². The lowest BCUT2D eigenvalue weighted by Crippen LogP contribution is -2.33. The molecule has 4 nitrogen and oxygen atoms in total. The molecule has 1 heterocycles. The number of nitrogens with one attached hydrogen (secondary N) is 1. The fraction of sp³-hybridized carbons (Fsp3) is 0.909. The number of esters is 1. The molecule has 0 spiro atoms. The molecular formula is C11H21NO3. The van der Waals surface area contributed by atoms with Crippen LogP contribution in [0.3, 0.4) is 0 Å². The van der Waals surface area contributed by atoms with Gasteiger partial charge in [0.1, 0.15) is 6.61 Å². The summed E-state index contributed by atoms with van der Waals surface area (Å²) < 4.78 is 10.3. The number of piperidine rings is 1. The van der Waals surface area contributed by atoms with Gasteiger partial charge in [-0.25, -0.2) is 4.79 Å². The monoisotopic (exact) mass is 215 g/mol. The van der Waals surface area contributed by atoms with E-state index in [0.717, 1.165) is 13.1 Å². The molecule has 4 heteroatoms. The summed E-state index contributed by atoms with van der Waals surface area (Å²) >= 11 is 0. The van der Waals surface area contributed by atoms with E-state index in [-0.39, 0.29) is 18.7 Å². The maximum Gasteiger partial charge on any atom is 0.332 e. The first-order chi connectivity index (χ1) is 7.18. The number of carbonyl (C=O) groups excluding carboxylic acids is 1. The normalized spacial score (nSPS) is 21.7. The Morgan fingerprint density at radius 3 is 2.93 bits per heavy atom. The Hall–Kier alpha value is -0.610. The van der Waals surface area contributed by atoms with Gasteiger partial charge < -0.3 is 14.8 Å². The van der Waals surface area contributed by atoms with Gasteiger partial charge in [-0.05, 0) is 39.2 Å². The highest BCUT2D eigenvalue weighted by atomic mass is 16.6. The van der Waals surface area contributed by atoms with Gasteiger partial charge in [-0.15, -0.1) is 0 Å². The van der Waals surface area contributed by atoms with Crippen LogP contribution >= 0.6 is 0 Å². The molecule has 1 aliphatic heterocycles. The fourth-order valence-corrected chi connectivity index (χ4v) is 1.67. The first-order valence-electron chi connectivity index (χ1n) is 5.66. The predicted octanol–water partition coefficient (Wildman–Crippen LogP) is 0.954. The second-order valence-corrected chi connectivity index (χ2v) is 4.27. The smallest absolute Gasteiger partial charge is 0.332 e. The third kappa shape index (κ3) is 5.74. The molecule has 0 radical (unpaired) electrons. The van der Waals surface area contributed by atoms with Crippen molar-refractivity contribution in [3.05, 3.63) is 0 Å². The molecule has 0 aromatic rings. The number of rotatable bonds is 5. The molecule has 1 aliphatic rings. The average Bonchev–Trinajstić information content (AvgIpc) is 2.18. The number of hydrogen-bond acceptors (Lipinski definition) is 4. The minimum atomic E-state index is -0.270. The van der Waals surface area contributed by atoms with Gasteiger partial charge in [-0.1, -0.05) is 0 Å². The van der Waals surface area contributed by atoms with Crippen LogP contribution in [-0.4, -0.2) is 38.4 Å². The lowest BCUT2D eigenvalue weighted by molar-refractivity contribution is -0.153. The Morgan fingerprint density at radius 2 is 2.33 bits per heavy atom. The van der Waals surface area contributed by atoms with Gasteiger partial charge in [0.15, 0.2) is 0 Å². The molecule has 1 N–H and O–H groups in total. The summed E-state index contributed by atoms with van der Waals surface area (Å²) in [5.41, 5.74) is 0. The Labute approximate surface area is 91.3 Å². The van der Waals surface area contributed by atoms with Crippen molar-refractivity contribution in [2.45, 2.75) is 32.8 Å². The topological polar surface area (TPSA) is 47.6 Å². The molecule has 0 amide bonds. The van der Waals surface area contributed by atoms with Crippen molar-refractivity contribution in [2.24, 2.45) is 5.92 Å². The molecule has 0 saturated carbocycles. The summed E-state index contributed by atoms with van der Waals surface area (Å²) in [5, 5.41) is 3.31. The zero-order valence-electron chi connectivity index (χ0n) is 9.62. The Bertz CT molecular complexity index is 188. The number of carbonyl (C=O) groups is 1. The van der Waals surface area contributed by atoms with Crippen molar-refractivity contribution in [3.8, 4) is 0 Å². The van der Waals surface area contributed by atoms with Crippen LogP contribution in [0.15, 0.2) is 0 Å². The van der Waals surface area contributed by atoms with Gasteiger partial charge in [0.2, 0.25) is 0 Å². The van der Waals surface area contributed by atoms with Crippen LogP contribution in [0.4, 0.5) is 0 Å². The van der Waals surface area contributed by atoms with Gasteiger partial charge in [0, 0.05) is 6.54 Å². The second kappa shape index (κ2) is 6.80. The van der Waals surface area contributed by atoms with Gasteiger partial charge in [-0.3, -0.25) is 0 Å². The molecule has 0 aromatic heterocycles. The van der Waals surface area contributed by atoms with E-state index < -0.39 is 0 Å². The second-order valence-electron chi connectivity index (χ2n) is 4.27. The highest BCUT2D eigenvalue weighted by Gasteiger charge is 2.14. The van der Waals surface area contributed by atoms with Crippen LogP contribution in [-0.2, 0) is 14.3 Å². The Morgan fingerprint density at radius 1 is 1.53 bits per heavy atom. The van der Waals surface area contributed by atoms with E-state index in [1.54, 1.807) is 0 Å². The minimum absolute atomic E-state index is 0.0579. The molecule has 1 unspecified atom stereocenters. The maximum absolute atomic E-state index is 11.1. The molecular weight excluding hydrogens is 194 g/mol. The lowest BCUT2D eigenvalue weighted by Gasteiger charge is -2.22. The summed E-state index contributed by atoms with van der Waals surface area (Å²) in [6.45, 7) is 6.51. The highest BCUT2D eigenvalue weighted by molar-refractivity contribution is 5.70. The predicted molar refractivity (Wildman–Crippen MR) is 57.6 cm³/mol. The van der Waals surface area contributed by atoms with E-state index in [1.807, 2.05) is 13.8 Å². The molecule has 1 atom stereocenters. The van der Waals surface area contributed by atoms with Gasteiger partial charge in [0.05, 0.1) is 12.7 Å². The first kappa shape index (κ1) is 12.5. The zero-order valence-corrected chi connectivity index (χ0v) is 9.62. The van der Waals surface area contributed by atoms with Crippen molar-refractivity contribution in [1.29, 1.82) is 0 Å². The Kier molecular flexibility index (Phi) is 5.65. The van der Waals surface area contributed by atoms with E-state index in [0.29, 0.717) is 12.5 Å². The standard InChI is InChI=1S/C11H21NO3/c1-9(2)15-11(13)8-14-7-10-4-3-5-12-6-10/h9-10,12H,3-8H2,1-2H3. The van der Waals surface area contributed by atoms with Gasteiger partial charge in [-0.2, -0.15) is 0 Å². The van der Waals surface area contributed by atoms with E-state index in [1.165, 1.54) is 12.8 Å². The Balaban J connectivity index is 2.02. The van der Waals surface area contributed by atoms with Crippen molar-refractivity contribution < 1.29 is 14.3 Å². The van der Waals surface area contributed by atoms with Crippen LogP contribution in [0.2, 0.25) is 0 Å². The minimum Gasteiger partial charge on any atom is -0.461 e. The van der Waals surface area contributed by atoms with E-state index >= 15 is 0 Å². The molecule has 1 saturated heterocycles. The summed E-state index contributed by atoms with van der Waals surface area (Å²) in [6, 6.07) is 0. The van der Waals surface area contributed by atoms with Crippen LogP contribution in [0.5, 0.6) is 0 Å². The molecule has 0 aliphatic carbocycles. The SMILES string of the molecule is CC(C)OC(=O)COCC1CCCNC1. The fourth-order valence-electron chi connectivity index (χ4n) is 1.67. The van der Waals surface area contributed by atoms with E-state index in [4.69, 9.17) is 9.47 Å². The van der Waals surface area contributed by atoms with Crippen molar-refractivity contribution in [3.63, 3.8) is 0 Å². The average molecular weight is 215 g/mol. The molecule has 1 rings (SSSR count). The van der Waals surface area contributed by atoms with Crippen LogP contribution < -0.4 is 5.32 Å². The zero-order chi connectivity index (χ0) is 11.1. The largest absolute Gasteiger partial charge is 0.461 e. The van der Waals surface area contributed by atoms with E-state index in [2.05, 4.69) is 5.32 Å².